The largest absolute Gasteiger partial charge is 0.314 e. The first kappa shape index (κ1) is 16.1. The Labute approximate surface area is 159 Å². The molecule has 0 saturated heterocycles. The van der Waals surface area contributed by atoms with Gasteiger partial charge in [0.15, 0.2) is 0 Å². The molecule has 0 fully saturated rings. The lowest BCUT2D eigenvalue weighted by Crippen LogP contribution is -1.85. The summed E-state index contributed by atoms with van der Waals surface area (Å²) in [6, 6.07) is 24.4. The van der Waals surface area contributed by atoms with Gasteiger partial charge in [0.25, 0.3) is 5.69 Å². The highest BCUT2D eigenvalue weighted by Gasteiger charge is 2.14. The summed E-state index contributed by atoms with van der Waals surface area (Å²) in [5.74, 6) is 0. The number of para-hydroxylation sites is 1. The topological polar surface area (TPSA) is 72.3 Å². The summed E-state index contributed by atoms with van der Waals surface area (Å²) in [5, 5.41) is 22.9. The first-order valence-electron chi connectivity index (χ1n) is 8.79. The molecule has 134 valence electrons. The zero-order valence-corrected chi connectivity index (χ0v) is 14.7. The second-order valence-corrected chi connectivity index (χ2v) is 6.46. The van der Waals surface area contributed by atoms with Crippen LogP contribution in [0, 0.1) is 10.1 Å². The van der Waals surface area contributed by atoms with E-state index < -0.39 is 4.92 Å². The second kappa shape index (κ2) is 6.28. The molecule has 2 aromatic heterocycles. The molecule has 0 aliphatic rings. The van der Waals surface area contributed by atoms with Crippen LogP contribution < -0.4 is 0 Å². The quantitative estimate of drug-likeness (QED) is 0.206. The monoisotopic (exact) mass is 366 g/mol. The molecule has 0 bridgehead atoms. The highest BCUT2D eigenvalue weighted by atomic mass is 16.6. The Morgan fingerprint density at radius 1 is 0.786 bits per heavy atom. The Hall–Kier alpha value is -4.06. The van der Waals surface area contributed by atoms with Gasteiger partial charge in [0.2, 0.25) is 0 Å². The van der Waals surface area contributed by atoms with Gasteiger partial charge in [0, 0.05) is 29.1 Å². The van der Waals surface area contributed by atoms with E-state index in [9.17, 15) is 10.1 Å². The van der Waals surface area contributed by atoms with E-state index in [1.165, 1.54) is 12.1 Å². The number of nitro benzene ring substituents is 1. The van der Waals surface area contributed by atoms with Crippen LogP contribution in [0.2, 0.25) is 0 Å². The van der Waals surface area contributed by atoms with Crippen LogP contribution in [0.3, 0.4) is 0 Å². The van der Waals surface area contributed by atoms with Crippen LogP contribution in [-0.4, -0.2) is 9.32 Å². The van der Waals surface area contributed by atoms with E-state index in [4.69, 9.17) is 0 Å². The van der Waals surface area contributed by atoms with Crippen LogP contribution in [0.4, 0.5) is 17.1 Å². The number of aromatic nitrogens is 1. The van der Waals surface area contributed by atoms with Crippen LogP contribution in [0.25, 0.3) is 27.2 Å². The van der Waals surface area contributed by atoms with Crippen molar-refractivity contribution in [2.75, 3.05) is 0 Å². The molecule has 5 aromatic rings. The van der Waals surface area contributed by atoms with Crippen molar-refractivity contribution in [2.24, 2.45) is 10.2 Å². The molecule has 3 aromatic carbocycles. The normalized spacial score (nSPS) is 11.7. The number of nitrogens with zero attached hydrogens (tertiary/aromatic N) is 4. The Bertz CT molecular complexity index is 1380. The predicted octanol–water partition coefficient (Wildman–Crippen LogP) is 6.57. The molecule has 0 radical (unpaired) electrons. The number of hydrogen-bond acceptors (Lipinski definition) is 4. The minimum atomic E-state index is -0.429. The summed E-state index contributed by atoms with van der Waals surface area (Å²) in [4.78, 5) is 10.4. The van der Waals surface area contributed by atoms with Crippen molar-refractivity contribution in [3.05, 3.63) is 95.2 Å². The Balaban J connectivity index is 1.75. The molecular formula is C22H14N4O2. The van der Waals surface area contributed by atoms with Crippen LogP contribution >= 0.6 is 0 Å². The number of benzene rings is 3. The number of hydrogen-bond donors (Lipinski definition) is 0. The summed E-state index contributed by atoms with van der Waals surface area (Å²) in [6.45, 7) is 0. The fourth-order valence-electron chi connectivity index (χ4n) is 3.52. The highest BCUT2D eigenvalue weighted by Crippen LogP contribution is 2.38. The molecule has 0 aliphatic carbocycles. The van der Waals surface area contributed by atoms with E-state index in [-0.39, 0.29) is 5.69 Å². The first-order chi connectivity index (χ1) is 13.7. The zero-order chi connectivity index (χ0) is 19.1. The van der Waals surface area contributed by atoms with Crippen molar-refractivity contribution in [1.82, 2.24) is 4.40 Å². The maximum absolute atomic E-state index is 10.8. The average molecular weight is 366 g/mol. The van der Waals surface area contributed by atoms with Crippen molar-refractivity contribution in [2.45, 2.75) is 0 Å². The number of fused-ring (bicyclic) bond motifs is 5. The van der Waals surface area contributed by atoms with Gasteiger partial charge in [-0.15, -0.1) is 5.11 Å². The lowest BCUT2D eigenvalue weighted by molar-refractivity contribution is -0.384. The number of pyridine rings is 1. The highest BCUT2D eigenvalue weighted by molar-refractivity contribution is 6.11. The molecule has 0 atom stereocenters. The summed E-state index contributed by atoms with van der Waals surface area (Å²) in [7, 11) is 0. The summed E-state index contributed by atoms with van der Waals surface area (Å²) >= 11 is 0. The number of nitro groups is 1. The zero-order valence-electron chi connectivity index (χ0n) is 14.7. The molecule has 0 amide bonds. The van der Waals surface area contributed by atoms with Gasteiger partial charge >= 0.3 is 0 Å². The van der Waals surface area contributed by atoms with Gasteiger partial charge in [-0.3, -0.25) is 10.1 Å². The molecule has 2 heterocycles. The molecule has 5 rings (SSSR count). The Morgan fingerprint density at radius 2 is 1.50 bits per heavy atom. The summed E-state index contributed by atoms with van der Waals surface area (Å²) in [6.07, 6.45) is 2.05. The second-order valence-electron chi connectivity index (χ2n) is 6.46. The summed E-state index contributed by atoms with van der Waals surface area (Å²) < 4.78 is 2.13. The van der Waals surface area contributed by atoms with Gasteiger partial charge in [-0.05, 0) is 29.7 Å². The maximum Gasteiger partial charge on any atom is 0.269 e. The van der Waals surface area contributed by atoms with E-state index in [2.05, 4.69) is 38.9 Å². The smallest absolute Gasteiger partial charge is 0.269 e. The van der Waals surface area contributed by atoms with Gasteiger partial charge in [0.1, 0.15) is 5.69 Å². The molecular weight excluding hydrogens is 352 g/mol. The standard InChI is InChI=1S/C22H14N4O2/c27-26(28)17-11-9-16(10-12-17)23-24-21-19-7-3-4-8-20(19)25-14-13-15-5-1-2-6-18(15)22(21)25/h1-14H. The van der Waals surface area contributed by atoms with Crippen LogP contribution in [0.5, 0.6) is 0 Å². The molecule has 0 spiro atoms. The van der Waals surface area contributed by atoms with Crippen molar-refractivity contribution in [3.63, 3.8) is 0 Å². The molecule has 0 N–H and O–H groups in total. The number of rotatable bonds is 3. The molecule has 6 nitrogen and oxygen atoms in total. The SMILES string of the molecule is O=[N+]([O-])c1ccc(N=Nc2c3ccccc3n3ccc4ccccc4c23)cc1. The van der Waals surface area contributed by atoms with Gasteiger partial charge < -0.3 is 4.40 Å². The van der Waals surface area contributed by atoms with E-state index in [1.807, 2.05) is 36.5 Å². The Kier molecular flexibility index (Phi) is 3.62. The minimum absolute atomic E-state index is 0.0321. The molecule has 0 saturated carbocycles. The van der Waals surface area contributed by atoms with Gasteiger partial charge in [-0.1, -0.05) is 42.5 Å². The third-order valence-electron chi connectivity index (χ3n) is 4.83. The van der Waals surface area contributed by atoms with E-state index >= 15 is 0 Å². The first-order valence-corrected chi connectivity index (χ1v) is 8.79. The predicted molar refractivity (Wildman–Crippen MR) is 110 cm³/mol. The maximum atomic E-state index is 10.8. The summed E-state index contributed by atoms with van der Waals surface area (Å²) in [5.41, 5.74) is 3.43. The van der Waals surface area contributed by atoms with Crippen molar-refractivity contribution >= 4 is 44.3 Å². The van der Waals surface area contributed by atoms with E-state index in [0.29, 0.717) is 5.69 Å². The lowest BCUT2D eigenvalue weighted by Gasteiger charge is -2.02. The molecule has 0 aliphatic heterocycles. The van der Waals surface area contributed by atoms with Gasteiger partial charge in [-0.2, -0.15) is 5.11 Å². The lowest BCUT2D eigenvalue weighted by atomic mass is 10.1. The third-order valence-corrected chi connectivity index (χ3v) is 4.83. The van der Waals surface area contributed by atoms with Gasteiger partial charge in [0.05, 0.1) is 21.6 Å². The average Bonchev–Trinajstić information content (AvgIpc) is 3.07. The fraction of sp³-hybridized carbons (Fsp3) is 0. The van der Waals surface area contributed by atoms with Crippen molar-refractivity contribution in [1.29, 1.82) is 0 Å². The minimum Gasteiger partial charge on any atom is -0.314 e. The van der Waals surface area contributed by atoms with Crippen molar-refractivity contribution in [3.8, 4) is 0 Å². The molecule has 0 unspecified atom stereocenters. The van der Waals surface area contributed by atoms with Crippen LogP contribution in [-0.2, 0) is 0 Å². The molecule has 28 heavy (non-hydrogen) atoms. The molecule has 6 heteroatoms. The number of non-ortho nitro benzene ring substituents is 1. The van der Waals surface area contributed by atoms with Crippen LogP contribution in [0.1, 0.15) is 0 Å². The Morgan fingerprint density at radius 3 is 2.29 bits per heavy atom. The van der Waals surface area contributed by atoms with E-state index in [1.54, 1.807) is 12.1 Å². The third kappa shape index (κ3) is 2.51. The van der Waals surface area contributed by atoms with E-state index in [0.717, 1.165) is 32.9 Å². The number of azo groups is 1. The fourth-order valence-corrected chi connectivity index (χ4v) is 3.52. The van der Waals surface area contributed by atoms with Crippen molar-refractivity contribution < 1.29 is 4.92 Å². The van der Waals surface area contributed by atoms with Gasteiger partial charge in [-0.25, -0.2) is 0 Å². The van der Waals surface area contributed by atoms with Crippen LogP contribution in [0.15, 0.2) is 95.3 Å².